The maximum atomic E-state index is 13.0. The Morgan fingerprint density at radius 1 is 0.810 bits per heavy atom. The second-order valence-corrected chi connectivity index (χ2v) is 7.10. The standard InChI is InChI=1S/C18H17NO2/c20-15-13-14(16(21)19(15)12-4-2-1-3-5-12)18(8-9-18)11-10-17(13)6-7-17/h1-5,10-11,13-14H,6-9H2/t13-,14+. The summed E-state index contributed by atoms with van der Waals surface area (Å²) in [6.45, 7) is 0. The lowest BCUT2D eigenvalue weighted by Crippen LogP contribution is -2.35. The molecule has 106 valence electrons. The molecular weight excluding hydrogens is 262 g/mol. The van der Waals surface area contributed by atoms with E-state index in [1.54, 1.807) is 0 Å². The van der Waals surface area contributed by atoms with Crippen LogP contribution < -0.4 is 4.90 Å². The molecule has 1 heterocycles. The monoisotopic (exact) mass is 279 g/mol. The molecule has 3 heteroatoms. The lowest BCUT2D eigenvalue weighted by Gasteiger charge is -2.32. The largest absolute Gasteiger partial charge is 0.274 e. The van der Waals surface area contributed by atoms with Crippen molar-refractivity contribution in [2.24, 2.45) is 22.7 Å². The highest BCUT2D eigenvalue weighted by Crippen LogP contribution is 2.70. The van der Waals surface area contributed by atoms with Crippen LogP contribution in [0.3, 0.4) is 0 Å². The fourth-order valence-electron chi connectivity index (χ4n) is 4.44. The highest BCUT2D eigenvalue weighted by Gasteiger charge is 2.70. The molecule has 2 atom stereocenters. The van der Waals surface area contributed by atoms with Crippen LogP contribution in [0.4, 0.5) is 5.69 Å². The zero-order valence-electron chi connectivity index (χ0n) is 11.8. The molecule has 1 saturated heterocycles. The molecule has 1 aromatic carbocycles. The highest BCUT2D eigenvalue weighted by atomic mass is 16.2. The van der Waals surface area contributed by atoms with Gasteiger partial charge in [-0.05, 0) is 37.8 Å². The zero-order chi connectivity index (χ0) is 14.2. The summed E-state index contributed by atoms with van der Waals surface area (Å²) < 4.78 is 0. The van der Waals surface area contributed by atoms with Crippen LogP contribution in [0.1, 0.15) is 25.7 Å². The van der Waals surface area contributed by atoms with Crippen molar-refractivity contribution in [2.45, 2.75) is 25.7 Å². The Morgan fingerprint density at radius 2 is 1.29 bits per heavy atom. The van der Waals surface area contributed by atoms with Crippen molar-refractivity contribution in [3.63, 3.8) is 0 Å². The average Bonchev–Trinajstić information content (AvgIpc) is 3.39. The third-order valence-electron chi connectivity index (χ3n) is 5.96. The van der Waals surface area contributed by atoms with E-state index in [0.717, 1.165) is 31.4 Å². The fourth-order valence-corrected chi connectivity index (χ4v) is 4.44. The van der Waals surface area contributed by atoms with E-state index < -0.39 is 0 Å². The van der Waals surface area contributed by atoms with Gasteiger partial charge in [0.1, 0.15) is 0 Å². The van der Waals surface area contributed by atoms with E-state index >= 15 is 0 Å². The number of benzene rings is 1. The van der Waals surface area contributed by atoms with E-state index in [0.29, 0.717) is 0 Å². The molecule has 3 aliphatic carbocycles. The Hall–Kier alpha value is -1.90. The van der Waals surface area contributed by atoms with Crippen molar-refractivity contribution in [3.8, 4) is 0 Å². The molecule has 0 unspecified atom stereocenters. The lowest BCUT2D eigenvalue weighted by atomic mass is 9.68. The molecule has 0 radical (unpaired) electrons. The minimum Gasteiger partial charge on any atom is -0.274 e. The van der Waals surface area contributed by atoms with E-state index in [1.807, 2.05) is 30.3 Å². The second-order valence-electron chi connectivity index (χ2n) is 7.10. The van der Waals surface area contributed by atoms with Gasteiger partial charge in [-0.15, -0.1) is 0 Å². The van der Waals surface area contributed by atoms with Crippen molar-refractivity contribution in [3.05, 3.63) is 42.5 Å². The van der Waals surface area contributed by atoms with Gasteiger partial charge >= 0.3 is 0 Å². The Labute approximate surface area is 123 Å². The number of para-hydroxylation sites is 1. The van der Waals surface area contributed by atoms with Gasteiger partial charge in [-0.1, -0.05) is 30.4 Å². The van der Waals surface area contributed by atoms with Crippen LogP contribution in [0.15, 0.2) is 42.5 Å². The van der Waals surface area contributed by atoms with Crippen molar-refractivity contribution >= 4 is 17.5 Å². The predicted molar refractivity (Wildman–Crippen MR) is 78.4 cm³/mol. The molecule has 2 spiro atoms. The number of amides is 2. The molecule has 3 nitrogen and oxygen atoms in total. The van der Waals surface area contributed by atoms with E-state index in [9.17, 15) is 9.59 Å². The second kappa shape index (κ2) is 3.46. The molecule has 21 heavy (non-hydrogen) atoms. The number of hydrogen-bond acceptors (Lipinski definition) is 2. The highest BCUT2D eigenvalue weighted by molar-refractivity contribution is 6.23. The normalized spacial score (nSPS) is 33.6. The summed E-state index contributed by atoms with van der Waals surface area (Å²) >= 11 is 0. The SMILES string of the molecule is O=C1[C@@H]2[C@H](C(=O)N1c1ccccc1)C1(C=CC23CC3)CC1. The maximum absolute atomic E-state index is 13.0. The number of fused-ring (bicyclic) bond motifs is 3. The molecule has 2 amide bonds. The molecular formula is C18H17NO2. The topological polar surface area (TPSA) is 37.4 Å². The summed E-state index contributed by atoms with van der Waals surface area (Å²) in [5, 5.41) is 0. The number of allylic oxidation sites excluding steroid dienone is 2. The van der Waals surface area contributed by atoms with Gasteiger partial charge in [0, 0.05) is 10.8 Å². The van der Waals surface area contributed by atoms with Gasteiger partial charge < -0.3 is 0 Å². The minimum absolute atomic E-state index is 0.00518. The summed E-state index contributed by atoms with van der Waals surface area (Å²) in [6, 6.07) is 9.40. The van der Waals surface area contributed by atoms with Crippen LogP contribution in [0.5, 0.6) is 0 Å². The summed E-state index contributed by atoms with van der Waals surface area (Å²) in [5.74, 6) is -0.163. The van der Waals surface area contributed by atoms with Gasteiger partial charge in [0.05, 0.1) is 17.5 Å². The van der Waals surface area contributed by atoms with E-state index in [2.05, 4.69) is 12.2 Å². The van der Waals surface area contributed by atoms with Crippen molar-refractivity contribution < 1.29 is 9.59 Å². The Balaban J connectivity index is 1.64. The van der Waals surface area contributed by atoms with Gasteiger partial charge in [0.15, 0.2) is 0 Å². The third kappa shape index (κ3) is 1.34. The van der Waals surface area contributed by atoms with Gasteiger partial charge in [-0.25, -0.2) is 0 Å². The molecule has 5 rings (SSSR count). The van der Waals surface area contributed by atoms with Gasteiger partial charge in [-0.3, -0.25) is 14.5 Å². The Kier molecular flexibility index (Phi) is 1.93. The van der Waals surface area contributed by atoms with Crippen LogP contribution in [-0.4, -0.2) is 11.8 Å². The van der Waals surface area contributed by atoms with Gasteiger partial charge in [-0.2, -0.15) is 0 Å². The van der Waals surface area contributed by atoms with Crippen LogP contribution in [0.2, 0.25) is 0 Å². The van der Waals surface area contributed by atoms with E-state index in [1.165, 1.54) is 4.90 Å². The van der Waals surface area contributed by atoms with E-state index in [-0.39, 0.29) is 34.5 Å². The van der Waals surface area contributed by atoms with E-state index in [4.69, 9.17) is 0 Å². The molecule has 3 fully saturated rings. The van der Waals surface area contributed by atoms with Gasteiger partial charge in [0.25, 0.3) is 0 Å². The average molecular weight is 279 g/mol. The quantitative estimate of drug-likeness (QED) is 0.585. The number of imide groups is 1. The first-order valence-corrected chi connectivity index (χ1v) is 7.80. The maximum Gasteiger partial charge on any atom is 0.238 e. The third-order valence-corrected chi connectivity index (χ3v) is 5.96. The van der Waals surface area contributed by atoms with Crippen LogP contribution in [0.25, 0.3) is 0 Å². The van der Waals surface area contributed by atoms with Crippen molar-refractivity contribution in [2.75, 3.05) is 4.90 Å². The molecule has 4 aliphatic rings. The minimum atomic E-state index is -0.113. The first-order chi connectivity index (χ1) is 10.2. The molecule has 1 aliphatic heterocycles. The molecule has 1 aromatic rings. The number of carbonyl (C=O) groups is 2. The number of nitrogens with zero attached hydrogens (tertiary/aromatic N) is 1. The van der Waals surface area contributed by atoms with Gasteiger partial charge in [0.2, 0.25) is 11.8 Å². The summed E-state index contributed by atoms with van der Waals surface area (Å²) in [4.78, 5) is 27.4. The number of carbonyl (C=O) groups excluding carboxylic acids is 2. The van der Waals surface area contributed by atoms with Crippen LogP contribution >= 0.6 is 0 Å². The van der Waals surface area contributed by atoms with Crippen LogP contribution in [0, 0.1) is 22.7 Å². The molecule has 0 N–H and O–H groups in total. The molecule has 0 bridgehead atoms. The summed E-state index contributed by atoms with van der Waals surface area (Å²) in [7, 11) is 0. The zero-order valence-corrected chi connectivity index (χ0v) is 11.8. The van der Waals surface area contributed by atoms with Crippen molar-refractivity contribution in [1.29, 1.82) is 0 Å². The summed E-state index contributed by atoms with van der Waals surface area (Å²) in [5.41, 5.74) is 0.720. The summed E-state index contributed by atoms with van der Waals surface area (Å²) in [6.07, 6.45) is 8.76. The lowest BCUT2D eigenvalue weighted by molar-refractivity contribution is -0.123. The van der Waals surface area contributed by atoms with Crippen molar-refractivity contribution in [1.82, 2.24) is 0 Å². The first kappa shape index (κ1) is 11.7. The number of rotatable bonds is 1. The Morgan fingerprint density at radius 3 is 1.71 bits per heavy atom. The smallest absolute Gasteiger partial charge is 0.238 e. The Bertz CT molecular complexity index is 642. The predicted octanol–water partition coefficient (Wildman–Crippen LogP) is 2.92. The fraction of sp³-hybridized carbons (Fsp3) is 0.444. The first-order valence-electron chi connectivity index (χ1n) is 7.80. The molecule has 0 aromatic heterocycles. The van der Waals surface area contributed by atoms with Crippen LogP contribution in [-0.2, 0) is 9.59 Å². The molecule has 2 saturated carbocycles. The number of anilines is 1. The number of hydrogen-bond donors (Lipinski definition) is 0.